The lowest BCUT2D eigenvalue weighted by Crippen LogP contribution is -2.18. The van der Waals surface area contributed by atoms with Gasteiger partial charge in [-0.3, -0.25) is 0 Å². The minimum Gasteiger partial charge on any atom is -0.482 e. The third-order valence-electron chi connectivity index (χ3n) is 3.19. The van der Waals surface area contributed by atoms with Gasteiger partial charge in [-0.2, -0.15) is 0 Å². The van der Waals surface area contributed by atoms with Crippen LogP contribution in [0.1, 0.15) is 16.7 Å². The summed E-state index contributed by atoms with van der Waals surface area (Å²) in [4.78, 5) is 16.5. The molecule has 0 fully saturated rings. The van der Waals surface area contributed by atoms with E-state index in [2.05, 4.69) is 43.7 Å². The molecule has 2 aromatic carbocycles. The zero-order chi connectivity index (χ0) is 17.7. The molecule has 0 spiro atoms. The highest BCUT2D eigenvalue weighted by molar-refractivity contribution is 14.1. The third kappa shape index (κ3) is 5.20. The van der Waals surface area contributed by atoms with Gasteiger partial charge in [0, 0.05) is 13.6 Å². The second-order valence-electron chi connectivity index (χ2n) is 5.10. The molecule has 2 rings (SSSR count). The molecule has 0 amide bonds. The zero-order valence-electron chi connectivity index (χ0n) is 13.2. The van der Waals surface area contributed by atoms with Crippen molar-refractivity contribution in [1.29, 1.82) is 0 Å². The van der Waals surface area contributed by atoms with Gasteiger partial charge < -0.3 is 15.3 Å². The number of rotatable bonds is 5. The van der Waals surface area contributed by atoms with Crippen LogP contribution in [-0.2, 0) is 9.63 Å². The highest BCUT2D eigenvalue weighted by Crippen LogP contribution is 2.26. The average molecular weight is 503 g/mol. The standard InChI is InChI=1S/C17H16BrIN2O3/c1-10-8-15(11(2)7-14(10)18)23-9-16(22)24-21-17(20)12-3-5-13(19)6-4-12/h3-8H,9H2,1-2H3,(H2,20,21). The van der Waals surface area contributed by atoms with Gasteiger partial charge in [0.05, 0.1) is 0 Å². The predicted molar refractivity (Wildman–Crippen MR) is 105 cm³/mol. The maximum atomic E-state index is 11.7. The molecule has 0 radical (unpaired) electrons. The van der Waals surface area contributed by atoms with Crippen LogP contribution in [0, 0.1) is 17.4 Å². The Kier molecular flexibility index (Phi) is 6.61. The molecule has 0 saturated heterocycles. The smallest absolute Gasteiger partial charge is 0.372 e. The topological polar surface area (TPSA) is 73.9 Å². The molecule has 0 saturated carbocycles. The van der Waals surface area contributed by atoms with E-state index in [4.69, 9.17) is 15.3 Å². The van der Waals surface area contributed by atoms with Gasteiger partial charge in [0.1, 0.15) is 5.75 Å². The number of amidine groups is 1. The Morgan fingerprint density at radius 2 is 1.88 bits per heavy atom. The first-order chi connectivity index (χ1) is 11.4. The number of nitrogens with zero attached hydrogens (tertiary/aromatic N) is 1. The predicted octanol–water partition coefficient (Wildman–Crippen LogP) is 3.91. The van der Waals surface area contributed by atoms with Gasteiger partial charge in [-0.05, 0) is 71.8 Å². The summed E-state index contributed by atoms with van der Waals surface area (Å²) in [5.41, 5.74) is 8.41. The van der Waals surface area contributed by atoms with Gasteiger partial charge in [0.2, 0.25) is 0 Å². The SMILES string of the molecule is Cc1cc(OCC(=O)O/N=C(\N)c2ccc(I)cc2)c(C)cc1Br. The normalized spacial score (nSPS) is 11.2. The van der Waals surface area contributed by atoms with E-state index in [1.54, 1.807) is 12.1 Å². The molecule has 0 aliphatic carbocycles. The number of hydrogen-bond acceptors (Lipinski definition) is 4. The Hall–Kier alpha value is -1.61. The number of nitrogens with two attached hydrogens (primary N) is 1. The molecule has 5 nitrogen and oxygen atoms in total. The van der Waals surface area contributed by atoms with Crippen molar-refractivity contribution in [3.8, 4) is 5.75 Å². The van der Waals surface area contributed by atoms with Gasteiger partial charge in [0.15, 0.2) is 12.4 Å². The lowest BCUT2D eigenvalue weighted by molar-refractivity contribution is -0.146. The molecule has 126 valence electrons. The summed E-state index contributed by atoms with van der Waals surface area (Å²) >= 11 is 5.64. The van der Waals surface area contributed by atoms with Gasteiger partial charge in [-0.1, -0.05) is 33.2 Å². The van der Waals surface area contributed by atoms with Crippen LogP contribution in [0.4, 0.5) is 0 Å². The van der Waals surface area contributed by atoms with Gasteiger partial charge in [0.25, 0.3) is 0 Å². The molecule has 24 heavy (non-hydrogen) atoms. The first-order valence-corrected chi connectivity index (χ1v) is 8.93. The van der Waals surface area contributed by atoms with Crippen LogP contribution in [0.5, 0.6) is 5.75 Å². The van der Waals surface area contributed by atoms with Crippen LogP contribution in [0.15, 0.2) is 46.0 Å². The van der Waals surface area contributed by atoms with E-state index in [1.807, 2.05) is 38.1 Å². The minimum absolute atomic E-state index is 0.135. The molecule has 0 aliphatic rings. The largest absolute Gasteiger partial charge is 0.482 e. The lowest BCUT2D eigenvalue weighted by atomic mass is 10.1. The summed E-state index contributed by atoms with van der Waals surface area (Å²) in [6, 6.07) is 11.2. The second kappa shape index (κ2) is 8.48. The fraction of sp³-hybridized carbons (Fsp3) is 0.176. The summed E-state index contributed by atoms with van der Waals surface area (Å²) in [5, 5.41) is 3.65. The van der Waals surface area contributed by atoms with Gasteiger partial charge in [-0.25, -0.2) is 4.79 Å². The summed E-state index contributed by atoms with van der Waals surface area (Å²) in [6.45, 7) is 3.60. The number of hydrogen-bond donors (Lipinski definition) is 1. The quantitative estimate of drug-likeness (QED) is 0.221. The number of carbonyl (C=O) groups excluding carboxylic acids is 1. The third-order valence-corrected chi connectivity index (χ3v) is 4.76. The first kappa shape index (κ1) is 18.7. The first-order valence-electron chi connectivity index (χ1n) is 7.05. The van der Waals surface area contributed by atoms with Crippen LogP contribution in [-0.4, -0.2) is 18.4 Å². The summed E-state index contributed by atoms with van der Waals surface area (Å²) in [7, 11) is 0. The van der Waals surface area contributed by atoms with E-state index in [9.17, 15) is 4.79 Å². The molecule has 0 aliphatic heterocycles. The van der Waals surface area contributed by atoms with Crippen molar-refractivity contribution < 1.29 is 14.4 Å². The molecule has 0 aromatic heterocycles. The Balaban J connectivity index is 1.93. The fourth-order valence-electron chi connectivity index (χ4n) is 1.85. The number of benzene rings is 2. The van der Waals surface area contributed by atoms with Crippen molar-refractivity contribution in [2.75, 3.05) is 6.61 Å². The van der Waals surface area contributed by atoms with Gasteiger partial charge >= 0.3 is 5.97 Å². The highest BCUT2D eigenvalue weighted by Gasteiger charge is 2.09. The monoisotopic (exact) mass is 502 g/mol. The van der Waals surface area contributed by atoms with Crippen molar-refractivity contribution in [3.63, 3.8) is 0 Å². The summed E-state index contributed by atoms with van der Waals surface area (Å²) in [5.74, 6) is 0.140. The average Bonchev–Trinajstić information content (AvgIpc) is 2.55. The maximum Gasteiger partial charge on any atom is 0.372 e. The van der Waals surface area contributed by atoms with Crippen molar-refractivity contribution >= 4 is 50.3 Å². The molecule has 0 unspecified atom stereocenters. The van der Waals surface area contributed by atoms with Crippen molar-refractivity contribution in [3.05, 3.63) is 61.1 Å². The second-order valence-corrected chi connectivity index (χ2v) is 7.20. The van der Waals surface area contributed by atoms with Crippen LogP contribution in [0.3, 0.4) is 0 Å². The Bertz CT molecular complexity index is 776. The van der Waals surface area contributed by atoms with Crippen molar-refractivity contribution in [2.24, 2.45) is 10.9 Å². The molecule has 0 atom stereocenters. The number of ether oxygens (including phenoxy) is 1. The van der Waals surface area contributed by atoms with E-state index >= 15 is 0 Å². The highest BCUT2D eigenvalue weighted by atomic mass is 127. The molecular weight excluding hydrogens is 487 g/mol. The fourth-order valence-corrected chi connectivity index (χ4v) is 2.66. The van der Waals surface area contributed by atoms with E-state index in [0.717, 1.165) is 19.2 Å². The summed E-state index contributed by atoms with van der Waals surface area (Å²) < 4.78 is 7.55. The number of halogens is 2. The number of aryl methyl sites for hydroxylation is 2. The molecular formula is C17H16BrIN2O3. The van der Waals surface area contributed by atoms with Crippen LogP contribution >= 0.6 is 38.5 Å². The van der Waals surface area contributed by atoms with E-state index < -0.39 is 5.97 Å². The molecule has 2 aromatic rings. The Morgan fingerprint density at radius 3 is 2.54 bits per heavy atom. The van der Waals surface area contributed by atoms with E-state index in [-0.39, 0.29) is 12.4 Å². The molecule has 0 heterocycles. The van der Waals surface area contributed by atoms with Crippen LogP contribution < -0.4 is 10.5 Å². The number of carbonyl (C=O) groups is 1. The number of oxime groups is 1. The van der Waals surface area contributed by atoms with E-state index in [1.165, 1.54) is 0 Å². The maximum absolute atomic E-state index is 11.7. The Morgan fingerprint density at radius 1 is 1.21 bits per heavy atom. The molecule has 2 N–H and O–H groups in total. The van der Waals surface area contributed by atoms with Crippen molar-refractivity contribution in [2.45, 2.75) is 13.8 Å². The van der Waals surface area contributed by atoms with Gasteiger partial charge in [-0.15, -0.1) is 0 Å². The van der Waals surface area contributed by atoms with Crippen LogP contribution in [0.25, 0.3) is 0 Å². The van der Waals surface area contributed by atoms with Crippen LogP contribution in [0.2, 0.25) is 0 Å². The van der Waals surface area contributed by atoms with E-state index in [0.29, 0.717) is 11.3 Å². The Labute approximate surface area is 162 Å². The lowest BCUT2D eigenvalue weighted by Gasteiger charge is -2.10. The summed E-state index contributed by atoms with van der Waals surface area (Å²) in [6.07, 6.45) is 0. The molecule has 7 heteroatoms. The van der Waals surface area contributed by atoms with Crippen molar-refractivity contribution in [1.82, 2.24) is 0 Å². The molecule has 0 bridgehead atoms. The zero-order valence-corrected chi connectivity index (χ0v) is 16.9. The minimum atomic E-state index is -0.622.